The summed E-state index contributed by atoms with van der Waals surface area (Å²) in [4.78, 5) is 3.58. The summed E-state index contributed by atoms with van der Waals surface area (Å²) in [6, 6.07) is 1.07. The van der Waals surface area contributed by atoms with Crippen molar-refractivity contribution in [3.8, 4) is 0 Å². The molecule has 1 aromatic rings. The zero-order chi connectivity index (χ0) is 9.14. The molecule has 3 nitrogen and oxygen atoms in total. The third-order valence-corrected chi connectivity index (χ3v) is 1.45. The molecule has 0 atom stereocenters. The predicted octanol–water partition coefficient (Wildman–Crippen LogP) is 1.09. The van der Waals surface area contributed by atoms with Crippen molar-refractivity contribution in [2.24, 2.45) is 0 Å². The summed E-state index contributed by atoms with van der Waals surface area (Å²) >= 11 is 0. The molecule has 0 spiro atoms. The fourth-order valence-electron chi connectivity index (χ4n) is 0.852. The van der Waals surface area contributed by atoms with E-state index in [1.165, 1.54) is 0 Å². The Hall–Kier alpha value is -1.23. The lowest BCUT2D eigenvalue weighted by Crippen LogP contribution is -1.99. The molecule has 0 fully saturated rings. The van der Waals surface area contributed by atoms with Crippen molar-refractivity contribution >= 4 is 5.82 Å². The van der Waals surface area contributed by atoms with Gasteiger partial charge in [0.15, 0.2) is 0 Å². The standard InChI is InChI=1S/C7H8F2N2O/c8-7(9)5-1-6(10)11-2-4(5)3-12/h1-2,7,12H,3H2,(H2,10,11). The summed E-state index contributed by atoms with van der Waals surface area (Å²) in [5.74, 6) is 0.0301. The Morgan fingerprint density at radius 1 is 1.58 bits per heavy atom. The quantitative estimate of drug-likeness (QED) is 0.705. The molecule has 1 heterocycles. The molecule has 1 rings (SSSR count). The number of hydrogen-bond donors (Lipinski definition) is 2. The van der Waals surface area contributed by atoms with Crippen LogP contribution < -0.4 is 5.73 Å². The number of anilines is 1. The summed E-state index contributed by atoms with van der Waals surface area (Å²) in [5.41, 5.74) is 5.05. The lowest BCUT2D eigenvalue weighted by Gasteiger charge is -2.05. The second-order valence-electron chi connectivity index (χ2n) is 2.27. The first-order valence-corrected chi connectivity index (χ1v) is 3.28. The number of aromatic nitrogens is 1. The monoisotopic (exact) mass is 174 g/mol. The van der Waals surface area contributed by atoms with Crippen LogP contribution in [0, 0.1) is 0 Å². The van der Waals surface area contributed by atoms with Gasteiger partial charge in [0.1, 0.15) is 5.82 Å². The highest BCUT2D eigenvalue weighted by atomic mass is 19.3. The second-order valence-corrected chi connectivity index (χ2v) is 2.27. The zero-order valence-electron chi connectivity index (χ0n) is 6.17. The van der Waals surface area contributed by atoms with Crippen LogP contribution in [0.3, 0.4) is 0 Å². The van der Waals surface area contributed by atoms with E-state index in [0.29, 0.717) is 0 Å². The molecule has 5 heteroatoms. The van der Waals surface area contributed by atoms with Crippen LogP contribution in [0.15, 0.2) is 12.3 Å². The summed E-state index contributed by atoms with van der Waals surface area (Å²) in [6.07, 6.45) is -1.48. The van der Waals surface area contributed by atoms with Crippen molar-refractivity contribution in [1.82, 2.24) is 4.98 Å². The second kappa shape index (κ2) is 3.44. The fourth-order valence-corrected chi connectivity index (χ4v) is 0.852. The molecule has 0 unspecified atom stereocenters. The van der Waals surface area contributed by atoms with E-state index >= 15 is 0 Å². The maximum Gasteiger partial charge on any atom is 0.264 e. The third kappa shape index (κ3) is 1.68. The van der Waals surface area contributed by atoms with Crippen LogP contribution in [0.4, 0.5) is 14.6 Å². The number of alkyl halides is 2. The molecule has 0 bridgehead atoms. The molecule has 0 aromatic carbocycles. The van der Waals surface area contributed by atoms with E-state index in [2.05, 4.69) is 4.98 Å². The lowest BCUT2D eigenvalue weighted by atomic mass is 10.1. The van der Waals surface area contributed by atoms with Crippen molar-refractivity contribution < 1.29 is 13.9 Å². The lowest BCUT2D eigenvalue weighted by molar-refractivity contribution is 0.147. The van der Waals surface area contributed by atoms with Gasteiger partial charge in [0.05, 0.1) is 6.61 Å². The first-order chi connectivity index (χ1) is 5.65. The first-order valence-electron chi connectivity index (χ1n) is 3.28. The maximum atomic E-state index is 12.2. The van der Waals surface area contributed by atoms with E-state index in [4.69, 9.17) is 10.8 Å². The van der Waals surface area contributed by atoms with Gasteiger partial charge in [-0.2, -0.15) is 0 Å². The molecule has 0 amide bonds. The number of pyridine rings is 1. The molecule has 66 valence electrons. The summed E-state index contributed by atoms with van der Waals surface area (Å²) in [7, 11) is 0. The maximum absolute atomic E-state index is 12.2. The normalized spacial score (nSPS) is 10.7. The molecule has 0 radical (unpaired) electrons. The smallest absolute Gasteiger partial charge is 0.264 e. The van der Waals surface area contributed by atoms with E-state index in [9.17, 15) is 8.78 Å². The molecular weight excluding hydrogens is 166 g/mol. The van der Waals surface area contributed by atoms with Crippen molar-refractivity contribution in [1.29, 1.82) is 0 Å². The van der Waals surface area contributed by atoms with Gasteiger partial charge in [-0.05, 0) is 6.07 Å². The highest BCUT2D eigenvalue weighted by Gasteiger charge is 2.12. The molecule has 12 heavy (non-hydrogen) atoms. The Kier molecular flexibility index (Phi) is 2.54. The molecule has 3 N–H and O–H groups in total. The van der Waals surface area contributed by atoms with E-state index in [1.54, 1.807) is 0 Å². The van der Waals surface area contributed by atoms with Crippen LogP contribution in [0.2, 0.25) is 0 Å². The van der Waals surface area contributed by atoms with E-state index in [1.807, 2.05) is 0 Å². The van der Waals surface area contributed by atoms with Gasteiger partial charge >= 0.3 is 0 Å². The fraction of sp³-hybridized carbons (Fsp3) is 0.286. The number of nitrogens with zero attached hydrogens (tertiary/aromatic N) is 1. The van der Waals surface area contributed by atoms with Gasteiger partial charge in [-0.25, -0.2) is 13.8 Å². The van der Waals surface area contributed by atoms with Crippen molar-refractivity contribution in [3.05, 3.63) is 23.4 Å². The highest BCUT2D eigenvalue weighted by molar-refractivity contribution is 5.37. The van der Waals surface area contributed by atoms with Crippen LogP contribution in [0.25, 0.3) is 0 Å². The largest absolute Gasteiger partial charge is 0.392 e. The third-order valence-electron chi connectivity index (χ3n) is 1.45. The average Bonchev–Trinajstić information content (AvgIpc) is 2.04. The molecular formula is C7H8F2N2O. The highest BCUT2D eigenvalue weighted by Crippen LogP contribution is 2.23. The topological polar surface area (TPSA) is 59.1 Å². The minimum atomic E-state index is -2.63. The number of rotatable bonds is 2. The minimum Gasteiger partial charge on any atom is -0.392 e. The van der Waals surface area contributed by atoms with Crippen molar-refractivity contribution in [3.63, 3.8) is 0 Å². The summed E-state index contributed by atoms with van der Waals surface area (Å²) in [6.45, 7) is -0.451. The van der Waals surface area contributed by atoms with E-state index in [-0.39, 0.29) is 16.9 Å². The van der Waals surface area contributed by atoms with Gasteiger partial charge in [-0.15, -0.1) is 0 Å². The van der Waals surface area contributed by atoms with Crippen molar-refractivity contribution in [2.75, 3.05) is 5.73 Å². The molecule has 0 saturated carbocycles. The van der Waals surface area contributed by atoms with Crippen LogP contribution >= 0.6 is 0 Å². The first kappa shape index (κ1) is 8.86. The number of nitrogens with two attached hydrogens (primary N) is 1. The molecule has 0 aliphatic carbocycles. The van der Waals surface area contributed by atoms with Crippen LogP contribution in [-0.2, 0) is 6.61 Å². The van der Waals surface area contributed by atoms with Crippen LogP contribution in [0.5, 0.6) is 0 Å². The Labute approximate surface area is 67.8 Å². The number of aliphatic hydroxyl groups excluding tert-OH is 1. The number of hydrogen-bond acceptors (Lipinski definition) is 3. The molecule has 1 aromatic heterocycles. The van der Waals surface area contributed by atoms with Gasteiger partial charge < -0.3 is 10.8 Å². The number of aliphatic hydroxyl groups is 1. The van der Waals surface area contributed by atoms with E-state index < -0.39 is 13.0 Å². The molecule has 0 aliphatic heterocycles. The van der Waals surface area contributed by atoms with Crippen molar-refractivity contribution in [2.45, 2.75) is 13.0 Å². The number of halogens is 2. The van der Waals surface area contributed by atoms with Crippen LogP contribution in [-0.4, -0.2) is 10.1 Å². The van der Waals surface area contributed by atoms with E-state index in [0.717, 1.165) is 12.3 Å². The SMILES string of the molecule is Nc1cc(C(F)F)c(CO)cn1. The van der Waals surface area contributed by atoms with Gasteiger partial charge in [0.25, 0.3) is 6.43 Å². The summed E-state index contributed by atoms with van der Waals surface area (Å²) in [5, 5.41) is 8.64. The Balaban J connectivity index is 3.12. The van der Waals surface area contributed by atoms with Gasteiger partial charge in [0.2, 0.25) is 0 Å². The van der Waals surface area contributed by atoms with Gasteiger partial charge in [-0.3, -0.25) is 0 Å². The Morgan fingerprint density at radius 2 is 2.25 bits per heavy atom. The van der Waals surface area contributed by atoms with Gasteiger partial charge in [-0.1, -0.05) is 0 Å². The number of nitrogen functional groups attached to an aromatic ring is 1. The average molecular weight is 174 g/mol. The zero-order valence-corrected chi connectivity index (χ0v) is 6.17. The Morgan fingerprint density at radius 3 is 2.75 bits per heavy atom. The minimum absolute atomic E-state index is 0.0301. The van der Waals surface area contributed by atoms with Crippen LogP contribution in [0.1, 0.15) is 17.6 Å². The Bertz CT molecular complexity index is 278. The van der Waals surface area contributed by atoms with Gasteiger partial charge in [0, 0.05) is 17.3 Å². The summed E-state index contributed by atoms with van der Waals surface area (Å²) < 4.78 is 24.4. The predicted molar refractivity (Wildman–Crippen MR) is 39.5 cm³/mol. The molecule has 0 aliphatic rings. The molecule has 0 saturated heterocycles.